The van der Waals surface area contributed by atoms with Crippen LogP contribution in [0.5, 0.6) is 0 Å². The van der Waals surface area contributed by atoms with Crippen molar-refractivity contribution in [1.82, 2.24) is 4.31 Å². The van der Waals surface area contributed by atoms with Crippen molar-refractivity contribution in [3.63, 3.8) is 0 Å². The molecule has 1 aliphatic heterocycles. The lowest BCUT2D eigenvalue weighted by atomic mass is 9.93. The van der Waals surface area contributed by atoms with Gasteiger partial charge in [-0.15, -0.1) is 0 Å². The molecule has 2 aromatic rings. The summed E-state index contributed by atoms with van der Waals surface area (Å²) >= 11 is 0. The molecule has 0 saturated heterocycles. The van der Waals surface area contributed by atoms with Gasteiger partial charge in [-0.1, -0.05) is 12.1 Å². The number of carbonyl (C=O) groups excluding carboxylic acids is 2. The summed E-state index contributed by atoms with van der Waals surface area (Å²) in [7, 11) is -3.64. The minimum Gasteiger partial charge on any atom is -0.294 e. The predicted octanol–water partition coefficient (Wildman–Crippen LogP) is 4.21. The first kappa shape index (κ1) is 24.8. The number of allylic oxidation sites excluding steroid dienone is 1. The van der Waals surface area contributed by atoms with Crippen LogP contribution in [-0.2, 0) is 32.8 Å². The number of ketones is 1. The second-order valence-corrected chi connectivity index (χ2v) is 10.5. The Morgan fingerprint density at radius 3 is 2.37 bits per heavy atom. The lowest BCUT2D eigenvalue weighted by Crippen LogP contribution is -2.50. The summed E-state index contributed by atoms with van der Waals surface area (Å²) in [6.07, 6.45) is -1.96. The van der Waals surface area contributed by atoms with Gasteiger partial charge in [-0.25, -0.2) is 13.3 Å². The topological polar surface area (TPSA) is 98.6 Å². The zero-order valence-electron chi connectivity index (χ0n) is 18.5. The Morgan fingerprint density at radius 2 is 1.77 bits per heavy atom. The van der Waals surface area contributed by atoms with Gasteiger partial charge in [0.2, 0.25) is 0 Å². The van der Waals surface area contributed by atoms with Gasteiger partial charge in [-0.05, 0) is 42.3 Å². The quantitative estimate of drug-likeness (QED) is 0.600. The number of rotatable bonds is 4. The van der Waals surface area contributed by atoms with Gasteiger partial charge in [-0.2, -0.15) is 18.4 Å². The van der Waals surface area contributed by atoms with E-state index in [0.717, 1.165) is 27.4 Å². The molecule has 0 fully saturated rings. The van der Waals surface area contributed by atoms with Gasteiger partial charge in [0, 0.05) is 35.1 Å². The fourth-order valence-electron chi connectivity index (χ4n) is 4.35. The number of alkyl halides is 3. The molecule has 0 bridgehead atoms. The molecule has 4 rings (SSSR count). The van der Waals surface area contributed by atoms with Crippen molar-refractivity contribution in [2.75, 3.05) is 17.4 Å². The largest absolute Gasteiger partial charge is 0.416 e. The highest BCUT2D eigenvalue weighted by molar-refractivity contribution is 7.84. The molecule has 0 radical (unpaired) electrons. The van der Waals surface area contributed by atoms with Gasteiger partial charge >= 0.3 is 12.2 Å². The Morgan fingerprint density at radius 1 is 1.06 bits per heavy atom. The highest BCUT2D eigenvalue weighted by Gasteiger charge is 2.48. The van der Waals surface area contributed by atoms with E-state index in [0.29, 0.717) is 0 Å². The van der Waals surface area contributed by atoms with E-state index in [4.69, 9.17) is 0 Å². The van der Waals surface area contributed by atoms with Crippen LogP contribution >= 0.6 is 0 Å². The summed E-state index contributed by atoms with van der Waals surface area (Å²) in [6.45, 7) is 0. The van der Waals surface area contributed by atoms with Crippen LogP contribution in [0.4, 0.5) is 23.7 Å². The smallest absolute Gasteiger partial charge is 0.294 e. The van der Waals surface area contributed by atoms with Gasteiger partial charge in [0.1, 0.15) is 17.0 Å². The zero-order valence-corrected chi connectivity index (χ0v) is 20.1. The number of hydrogen-bond donors (Lipinski definition) is 0. The number of halogens is 3. The van der Waals surface area contributed by atoms with Crippen molar-refractivity contribution in [3.05, 3.63) is 70.4 Å². The number of nitrogens with zero attached hydrogens (tertiary/aromatic N) is 3. The second kappa shape index (κ2) is 9.05. The molecule has 12 heteroatoms. The summed E-state index contributed by atoms with van der Waals surface area (Å²) in [5, 5.41) is 9.25. The van der Waals surface area contributed by atoms with Gasteiger partial charge in [0.25, 0.3) is 0 Å². The number of nitriles is 1. The molecular formula is C23H18F3N3O4S2. The third-order valence-corrected chi connectivity index (χ3v) is 7.71. The Kier molecular flexibility index (Phi) is 6.42. The third kappa shape index (κ3) is 4.30. The molecule has 35 heavy (non-hydrogen) atoms. The summed E-state index contributed by atoms with van der Waals surface area (Å²) in [6, 6.07) is 8.31. The molecule has 2 unspecified atom stereocenters. The fourth-order valence-corrected chi connectivity index (χ4v) is 5.98. The number of carbonyl (C=O) groups is 2. The van der Waals surface area contributed by atoms with E-state index in [2.05, 4.69) is 0 Å². The van der Waals surface area contributed by atoms with Gasteiger partial charge in [0.05, 0.1) is 33.7 Å². The van der Waals surface area contributed by atoms with Crippen LogP contribution in [0, 0.1) is 11.3 Å². The van der Waals surface area contributed by atoms with E-state index < -0.39 is 45.6 Å². The number of anilines is 1. The highest BCUT2D eigenvalue weighted by atomic mass is 32.2. The van der Waals surface area contributed by atoms with Crippen molar-refractivity contribution in [2.24, 2.45) is 0 Å². The molecule has 1 aliphatic carbocycles. The Hall–Kier alpha value is -3.30. The Labute approximate surface area is 203 Å². The van der Waals surface area contributed by atoms with Crippen molar-refractivity contribution in [3.8, 4) is 6.07 Å². The highest BCUT2D eigenvalue weighted by Crippen LogP contribution is 2.47. The normalized spacial score (nSPS) is 20.1. The number of hydrogen-bond acceptors (Lipinski definition) is 5. The molecule has 7 nitrogen and oxygen atoms in total. The molecule has 3 atom stereocenters. The van der Waals surface area contributed by atoms with E-state index in [9.17, 15) is 36.4 Å². The van der Waals surface area contributed by atoms with Crippen LogP contribution < -0.4 is 4.90 Å². The minimum atomic E-state index is -4.66. The van der Waals surface area contributed by atoms with Crippen LogP contribution in [0.2, 0.25) is 0 Å². The summed E-state index contributed by atoms with van der Waals surface area (Å²) in [5.41, 5.74) is -0.296. The van der Waals surface area contributed by atoms with Gasteiger partial charge < -0.3 is 0 Å². The second-order valence-electron chi connectivity index (χ2n) is 7.92. The maximum absolute atomic E-state index is 13.7. The molecule has 182 valence electrons. The molecule has 0 saturated carbocycles. The van der Waals surface area contributed by atoms with E-state index >= 15 is 0 Å². The average molecular weight is 522 g/mol. The lowest BCUT2D eigenvalue weighted by Gasteiger charge is -2.41. The number of amides is 2. The first-order valence-electron chi connectivity index (χ1n) is 10.2. The van der Waals surface area contributed by atoms with E-state index in [1.807, 2.05) is 6.07 Å². The minimum absolute atomic E-state index is 0.00885. The molecule has 0 N–H and O–H groups in total. The summed E-state index contributed by atoms with van der Waals surface area (Å²) < 4.78 is 66.3. The maximum atomic E-state index is 13.7. The maximum Gasteiger partial charge on any atom is 0.416 e. The van der Waals surface area contributed by atoms with E-state index in [1.165, 1.54) is 36.8 Å². The zero-order chi connectivity index (χ0) is 25.7. The van der Waals surface area contributed by atoms with Crippen molar-refractivity contribution in [2.45, 2.75) is 30.0 Å². The number of benzene rings is 2. The number of urea groups is 1. The SMILES string of the molecule is CS(=O)c1cc(C#N)ccc1[C@@H]1C2=C(CCC2=O)N(c2cccc(C(F)(F)F)c2)C(=O)N1S(C)=O. The van der Waals surface area contributed by atoms with Crippen LogP contribution in [0.1, 0.15) is 35.6 Å². The third-order valence-electron chi connectivity index (χ3n) is 5.81. The standard InChI is InChI=1S/C23H18F3N3O4S2/c1-34(32)19-10-13(12-27)6-7-16(19)21-20-17(8-9-18(20)30)28(22(31)29(21)35(2)33)15-5-3-4-14(11-15)23(24,25)26/h3-7,10-11,21H,8-9H2,1-2H3/t21-,34?,35?/m1/s1. The van der Waals surface area contributed by atoms with Gasteiger partial charge in [0.15, 0.2) is 5.78 Å². The molecule has 2 aromatic carbocycles. The molecular weight excluding hydrogens is 503 g/mol. The first-order valence-corrected chi connectivity index (χ1v) is 13.3. The fraction of sp³-hybridized carbons (Fsp3) is 0.261. The average Bonchev–Trinajstić information content (AvgIpc) is 3.18. The molecule has 1 heterocycles. The van der Waals surface area contributed by atoms with Gasteiger partial charge in [-0.3, -0.25) is 13.9 Å². The Balaban J connectivity index is 1.99. The predicted molar refractivity (Wildman–Crippen MR) is 123 cm³/mol. The molecule has 0 aromatic heterocycles. The van der Waals surface area contributed by atoms with Crippen molar-refractivity contribution in [1.29, 1.82) is 5.26 Å². The summed E-state index contributed by atoms with van der Waals surface area (Å²) in [5.74, 6) is -0.359. The van der Waals surface area contributed by atoms with E-state index in [-0.39, 0.29) is 51.6 Å². The lowest BCUT2D eigenvalue weighted by molar-refractivity contribution is -0.137. The van der Waals surface area contributed by atoms with Crippen molar-refractivity contribution >= 4 is 39.3 Å². The monoisotopic (exact) mass is 521 g/mol. The first-order chi connectivity index (χ1) is 16.5. The molecule has 2 aliphatic rings. The molecule has 2 amide bonds. The van der Waals surface area contributed by atoms with Crippen molar-refractivity contribution < 1.29 is 31.2 Å². The number of Topliss-reactive ketones (excluding diaryl/α,β-unsaturated/α-hetero) is 1. The van der Waals surface area contributed by atoms with Crippen LogP contribution in [0.15, 0.2) is 58.6 Å². The summed E-state index contributed by atoms with van der Waals surface area (Å²) in [4.78, 5) is 27.9. The van der Waals surface area contributed by atoms with E-state index in [1.54, 1.807) is 0 Å². The molecule has 0 spiro atoms. The van der Waals surface area contributed by atoms with Crippen LogP contribution in [-0.4, -0.2) is 37.0 Å². The Bertz CT molecular complexity index is 1380. The van der Waals surface area contributed by atoms with Crippen LogP contribution in [0.3, 0.4) is 0 Å². The van der Waals surface area contributed by atoms with Crippen LogP contribution in [0.25, 0.3) is 0 Å².